The van der Waals surface area contributed by atoms with E-state index in [-0.39, 0.29) is 0 Å². The Kier molecular flexibility index (Phi) is 4.35. The van der Waals surface area contributed by atoms with Crippen molar-refractivity contribution in [2.75, 3.05) is 13.2 Å². The smallest absolute Gasteiger partial charge is 0.0991 e. The minimum atomic E-state index is 0.311. The summed E-state index contributed by atoms with van der Waals surface area (Å²) in [6.45, 7) is 6.18. The second kappa shape index (κ2) is 5.99. The molecule has 0 aliphatic carbocycles. The zero-order valence-corrected chi connectivity index (χ0v) is 11.0. The molecule has 3 unspecified atom stereocenters. The highest BCUT2D eigenvalue weighted by molar-refractivity contribution is 5.32. The highest BCUT2D eigenvalue weighted by Crippen LogP contribution is 2.21. The van der Waals surface area contributed by atoms with E-state index in [1.165, 1.54) is 5.56 Å². The van der Waals surface area contributed by atoms with Crippen molar-refractivity contribution < 1.29 is 4.74 Å². The molecule has 1 aliphatic rings. The predicted molar refractivity (Wildman–Crippen MR) is 71.1 cm³/mol. The van der Waals surface area contributed by atoms with E-state index in [0.717, 1.165) is 19.6 Å². The number of ether oxygens (including phenoxy) is 1. The summed E-state index contributed by atoms with van der Waals surface area (Å²) in [6.07, 6.45) is 1.51. The Morgan fingerprint density at radius 2 is 2.17 bits per heavy atom. The van der Waals surface area contributed by atoms with Gasteiger partial charge in [0.2, 0.25) is 0 Å². The Morgan fingerprint density at radius 1 is 1.44 bits per heavy atom. The van der Waals surface area contributed by atoms with Crippen LogP contribution in [0.15, 0.2) is 24.3 Å². The van der Waals surface area contributed by atoms with E-state index in [1.54, 1.807) is 0 Å². The summed E-state index contributed by atoms with van der Waals surface area (Å²) in [6, 6.07) is 10.2. The van der Waals surface area contributed by atoms with E-state index < -0.39 is 0 Å². The zero-order valence-electron chi connectivity index (χ0n) is 11.0. The van der Waals surface area contributed by atoms with Crippen molar-refractivity contribution in [1.29, 1.82) is 5.26 Å². The lowest BCUT2D eigenvalue weighted by Crippen LogP contribution is -2.29. The van der Waals surface area contributed by atoms with Crippen molar-refractivity contribution >= 4 is 0 Å². The average molecular weight is 244 g/mol. The van der Waals surface area contributed by atoms with Crippen molar-refractivity contribution in [3.8, 4) is 6.07 Å². The first-order chi connectivity index (χ1) is 8.70. The zero-order chi connectivity index (χ0) is 13.0. The molecule has 3 atom stereocenters. The molecule has 1 aromatic rings. The number of rotatable bonds is 4. The summed E-state index contributed by atoms with van der Waals surface area (Å²) in [5, 5.41) is 12.3. The Labute approximate surface area is 109 Å². The fraction of sp³-hybridized carbons (Fsp3) is 0.533. The molecule has 3 heteroatoms. The molecule has 3 nitrogen and oxygen atoms in total. The first-order valence-corrected chi connectivity index (χ1v) is 6.55. The lowest BCUT2D eigenvalue weighted by molar-refractivity contribution is 0.105. The summed E-state index contributed by atoms with van der Waals surface area (Å²) in [7, 11) is 0. The molecule has 1 fully saturated rings. The molecule has 1 N–H and O–H groups in total. The molecule has 0 bridgehead atoms. The van der Waals surface area contributed by atoms with Crippen molar-refractivity contribution in [3.63, 3.8) is 0 Å². The van der Waals surface area contributed by atoms with E-state index in [9.17, 15) is 0 Å². The summed E-state index contributed by atoms with van der Waals surface area (Å²) >= 11 is 0. The van der Waals surface area contributed by atoms with Gasteiger partial charge in [0.15, 0.2) is 0 Å². The minimum absolute atomic E-state index is 0.311. The molecule has 0 aromatic heterocycles. The van der Waals surface area contributed by atoms with Gasteiger partial charge >= 0.3 is 0 Å². The van der Waals surface area contributed by atoms with Crippen molar-refractivity contribution in [2.45, 2.75) is 32.4 Å². The molecule has 2 rings (SSSR count). The number of nitrogens with one attached hydrogen (secondary N) is 1. The van der Waals surface area contributed by atoms with E-state index in [2.05, 4.69) is 25.2 Å². The third-order valence-corrected chi connectivity index (χ3v) is 3.76. The largest absolute Gasteiger partial charge is 0.378 e. The highest BCUT2D eigenvalue weighted by atomic mass is 16.5. The van der Waals surface area contributed by atoms with Crippen LogP contribution >= 0.6 is 0 Å². The maximum absolute atomic E-state index is 8.76. The van der Waals surface area contributed by atoms with Crippen molar-refractivity contribution in [1.82, 2.24) is 5.32 Å². The monoisotopic (exact) mass is 244 g/mol. The SMILES string of the molecule is CC(NCC1CCOC1C)c1ccc(C#N)cc1. The van der Waals surface area contributed by atoms with Gasteiger partial charge in [-0.3, -0.25) is 0 Å². The van der Waals surface area contributed by atoms with Crippen LogP contribution in [-0.2, 0) is 4.74 Å². The molecule has 0 saturated carbocycles. The van der Waals surface area contributed by atoms with Crippen LogP contribution in [0, 0.1) is 17.2 Å². The van der Waals surface area contributed by atoms with Gasteiger partial charge in [-0.15, -0.1) is 0 Å². The summed E-state index contributed by atoms with van der Waals surface area (Å²) in [4.78, 5) is 0. The predicted octanol–water partition coefficient (Wildman–Crippen LogP) is 2.63. The maximum Gasteiger partial charge on any atom is 0.0991 e. The Balaban J connectivity index is 1.87. The Hall–Kier alpha value is -1.37. The van der Waals surface area contributed by atoms with Gasteiger partial charge in [0, 0.05) is 19.2 Å². The lowest BCUT2D eigenvalue weighted by Gasteiger charge is -2.19. The van der Waals surface area contributed by atoms with Gasteiger partial charge in [-0.2, -0.15) is 5.26 Å². The summed E-state index contributed by atoms with van der Waals surface area (Å²) in [5.41, 5.74) is 1.93. The summed E-state index contributed by atoms with van der Waals surface area (Å²) in [5.74, 6) is 0.617. The van der Waals surface area contributed by atoms with Gasteiger partial charge in [0.25, 0.3) is 0 Å². The molecule has 1 aromatic carbocycles. The Morgan fingerprint density at radius 3 is 2.72 bits per heavy atom. The standard InChI is InChI=1S/C15H20N2O/c1-11(14-5-3-13(9-16)4-6-14)17-10-15-7-8-18-12(15)2/h3-6,11-12,15,17H,7-8,10H2,1-2H3. The van der Waals surface area contributed by atoms with Gasteiger partial charge < -0.3 is 10.1 Å². The van der Waals surface area contributed by atoms with Crippen LogP contribution in [0.1, 0.15) is 37.4 Å². The molecule has 1 saturated heterocycles. The quantitative estimate of drug-likeness (QED) is 0.885. The molecule has 0 amide bonds. The second-order valence-corrected chi connectivity index (χ2v) is 4.99. The molecule has 0 radical (unpaired) electrons. The first kappa shape index (κ1) is 13.1. The number of hydrogen-bond acceptors (Lipinski definition) is 3. The number of nitrogens with zero attached hydrogens (tertiary/aromatic N) is 1. The number of benzene rings is 1. The first-order valence-electron chi connectivity index (χ1n) is 6.55. The van der Waals surface area contributed by atoms with Crippen LogP contribution < -0.4 is 5.32 Å². The van der Waals surface area contributed by atoms with Crippen LogP contribution in [0.5, 0.6) is 0 Å². The topological polar surface area (TPSA) is 45.0 Å². The van der Waals surface area contributed by atoms with Crippen molar-refractivity contribution in [3.05, 3.63) is 35.4 Å². The number of hydrogen-bond donors (Lipinski definition) is 1. The maximum atomic E-state index is 8.76. The van der Waals surface area contributed by atoms with E-state index in [0.29, 0.717) is 23.6 Å². The van der Waals surface area contributed by atoms with Gasteiger partial charge in [0.1, 0.15) is 0 Å². The fourth-order valence-electron chi connectivity index (χ4n) is 2.34. The van der Waals surface area contributed by atoms with E-state index in [4.69, 9.17) is 10.00 Å². The minimum Gasteiger partial charge on any atom is -0.378 e. The lowest BCUT2D eigenvalue weighted by atomic mass is 10.0. The fourth-order valence-corrected chi connectivity index (χ4v) is 2.34. The van der Waals surface area contributed by atoms with Crippen LogP contribution in [-0.4, -0.2) is 19.3 Å². The molecule has 96 valence electrons. The van der Waals surface area contributed by atoms with Gasteiger partial charge in [-0.05, 0) is 43.9 Å². The summed E-state index contributed by atoms with van der Waals surface area (Å²) < 4.78 is 5.56. The van der Waals surface area contributed by atoms with E-state index in [1.807, 2.05) is 24.3 Å². The molecular formula is C15H20N2O. The van der Waals surface area contributed by atoms with Gasteiger partial charge in [-0.1, -0.05) is 12.1 Å². The Bertz CT molecular complexity index is 421. The van der Waals surface area contributed by atoms with Gasteiger partial charge in [-0.25, -0.2) is 0 Å². The van der Waals surface area contributed by atoms with Crippen LogP contribution in [0.25, 0.3) is 0 Å². The molecule has 18 heavy (non-hydrogen) atoms. The average Bonchev–Trinajstić information content (AvgIpc) is 2.81. The normalized spacial score (nSPS) is 24.7. The molecular weight excluding hydrogens is 224 g/mol. The third-order valence-electron chi connectivity index (χ3n) is 3.76. The van der Waals surface area contributed by atoms with Crippen molar-refractivity contribution in [2.24, 2.45) is 5.92 Å². The molecule has 1 aliphatic heterocycles. The molecule has 0 spiro atoms. The number of nitriles is 1. The highest BCUT2D eigenvalue weighted by Gasteiger charge is 2.24. The second-order valence-electron chi connectivity index (χ2n) is 4.99. The van der Waals surface area contributed by atoms with E-state index >= 15 is 0 Å². The van der Waals surface area contributed by atoms with Crippen LogP contribution in [0.2, 0.25) is 0 Å². The third kappa shape index (κ3) is 3.10. The van der Waals surface area contributed by atoms with Gasteiger partial charge in [0.05, 0.1) is 17.7 Å². The van der Waals surface area contributed by atoms with Crippen LogP contribution in [0.4, 0.5) is 0 Å². The van der Waals surface area contributed by atoms with Crippen LogP contribution in [0.3, 0.4) is 0 Å². The molecule has 1 heterocycles.